The molecular formula is C29H28F2N4O4. The molecule has 2 amide bonds. The van der Waals surface area contributed by atoms with Gasteiger partial charge in [-0.25, -0.2) is 8.78 Å². The molecule has 6 rings (SSSR count). The van der Waals surface area contributed by atoms with E-state index in [4.69, 9.17) is 4.74 Å². The van der Waals surface area contributed by atoms with E-state index in [1.54, 1.807) is 4.57 Å². The summed E-state index contributed by atoms with van der Waals surface area (Å²) in [6.45, 7) is 1.69. The third-order valence-corrected chi connectivity index (χ3v) is 7.81. The normalized spacial score (nSPS) is 20.3. The lowest BCUT2D eigenvalue weighted by Crippen LogP contribution is -2.51. The van der Waals surface area contributed by atoms with Crippen LogP contribution in [0.15, 0.2) is 59.5 Å². The van der Waals surface area contributed by atoms with Crippen molar-refractivity contribution in [2.24, 2.45) is 0 Å². The summed E-state index contributed by atoms with van der Waals surface area (Å²) in [5.41, 5.74) is 0.0953. The molecule has 2 atom stereocenters. The zero-order valence-electron chi connectivity index (χ0n) is 21.2. The average Bonchev–Trinajstić information content (AvgIpc) is 3.31. The van der Waals surface area contributed by atoms with Gasteiger partial charge in [-0.1, -0.05) is 42.8 Å². The first-order valence-electron chi connectivity index (χ1n) is 13.1. The van der Waals surface area contributed by atoms with Crippen molar-refractivity contribution in [2.75, 3.05) is 13.1 Å². The number of halogens is 2. The first-order valence-corrected chi connectivity index (χ1v) is 13.1. The zero-order valence-corrected chi connectivity index (χ0v) is 21.2. The molecule has 39 heavy (non-hydrogen) atoms. The average molecular weight is 535 g/mol. The molecule has 0 bridgehead atoms. The van der Waals surface area contributed by atoms with Gasteiger partial charge in [0.05, 0.1) is 6.54 Å². The Bertz CT molecular complexity index is 1490. The summed E-state index contributed by atoms with van der Waals surface area (Å²) in [6, 6.07) is 12.6. The van der Waals surface area contributed by atoms with Crippen molar-refractivity contribution in [1.29, 1.82) is 0 Å². The van der Waals surface area contributed by atoms with Gasteiger partial charge in [0.1, 0.15) is 30.0 Å². The molecule has 0 saturated carbocycles. The van der Waals surface area contributed by atoms with Crippen LogP contribution in [-0.4, -0.2) is 51.5 Å². The monoisotopic (exact) mass is 534 g/mol. The number of ether oxygens (including phenoxy) is 1. The first-order chi connectivity index (χ1) is 18.9. The summed E-state index contributed by atoms with van der Waals surface area (Å²) in [5, 5.41) is 2.55. The number of rotatable bonds is 6. The van der Waals surface area contributed by atoms with Gasteiger partial charge in [-0.3, -0.25) is 19.3 Å². The highest BCUT2D eigenvalue weighted by Gasteiger charge is 2.47. The van der Waals surface area contributed by atoms with Crippen LogP contribution < -0.4 is 15.5 Å². The second kappa shape index (κ2) is 10.3. The molecule has 3 aromatic rings. The summed E-state index contributed by atoms with van der Waals surface area (Å²) in [5.74, 6) is -2.72. The van der Waals surface area contributed by atoms with Gasteiger partial charge in [-0.15, -0.1) is 0 Å². The Balaban J connectivity index is 1.35. The highest BCUT2D eigenvalue weighted by Crippen LogP contribution is 2.35. The highest BCUT2D eigenvalue weighted by atomic mass is 19.1. The number of benzene rings is 2. The molecule has 3 aliphatic rings. The molecule has 8 nitrogen and oxygen atoms in total. The third-order valence-electron chi connectivity index (χ3n) is 7.81. The van der Waals surface area contributed by atoms with Gasteiger partial charge < -0.3 is 19.5 Å². The number of amides is 2. The van der Waals surface area contributed by atoms with Gasteiger partial charge >= 0.3 is 0 Å². The Morgan fingerprint density at radius 3 is 2.67 bits per heavy atom. The van der Waals surface area contributed by atoms with E-state index in [1.165, 1.54) is 12.3 Å². The van der Waals surface area contributed by atoms with Crippen molar-refractivity contribution in [3.8, 4) is 5.75 Å². The number of hydrogen-bond acceptors (Lipinski definition) is 5. The fraction of sp³-hybridized carbons (Fsp3) is 0.345. The van der Waals surface area contributed by atoms with Crippen molar-refractivity contribution in [2.45, 2.75) is 51.2 Å². The predicted molar refractivity (Wildman–Crippen MR) is 138 cm³/mol. The van der Waals surface area contributed by atoms with Crippen molar-refractivity contribution < 1.29 is 23.1 Å². The van der Waals surface area contributed by atoms with Crippen LogP contribution in [-0.2, 0) is 19.7 Å². The number of piperidine rings is 1. The quantitative estimate of drug-likeness (QED) is 0.525. The molecular weight excluding hydrogens is 506 g/mol. The maximum absolute atomic E-state index is 14.1. The van der Waals surface area contributed by atoms with Crippen LogP contribution >= 0.6 is 0 Å². The van der Waals surface area contributed by atoms with Crippen molar-refractivity contribution in [3.05, 3.63) is 99.0 Å². The van der Waals surface area contributed by atoms with Gasteiger partial charge in [0.15, 0.2) is 11.4 Å². The number of pyridine rings is 1. The van der Waals surface area contributed by atoms with E-state index in [1.807, 2.05) is 35.2 Å². The maximum atomic E-state index is 14.1. The molecule has 3 aliphatic heterocycles. The summed E-state index contributed by atoms with van der Waals surface area (Å²) >= 11 is 0. The Labute approximate surface area is 223 Å². The standard InChI is InChI=1S/C29H28F2N4O4/c30-20-10-9-19(23(31)12-20)13-32-28(37)22-15-33-16-24-34-11-5-4-8-21(34)14-35(24)29(38)25(33)27(26(22)36)39-17-18-6-2-1-3-7-18/h1-3,6-7,9-10,12,15,21,24H,4-5,8,11,13-14,16-17H2,(H,32,37)/t21-,24-/m1/s1. The maximum Gasteiger partial charge on any atom is 0.275 e. The fourth-order valence-electron chi connectivity index (χ4n) is 5.84. The van der Waals surface area contributed by atoms with Gasteiger partial charge in [0.2, 0.25) is 5.43 Å². The minimum Gasteiger partial charge on any atom is -0.483 e. The van der Waals surface area contributed by atoms with Crippen LogP contribution in [0, 0.1) is 11.6 Å². The molecule has 2 fully saturated rings. The van der Waals surface area contributed by atoms with Crippen molar-refractivity contribution in [1.82, 2.24) is 19.7 Å². The lowest BCUT2D eigenvalue weighted by Gasteiger charge is -2.38. The largest absolute Gasteiger partial charge is 0.483 e. The molecule has 10 heteroatoms. The topological polar surface area (TPSA) is 83.9 Å². The van der Waals surface area contributed by atoms with Gasteiger partial charge in [-0.2, -0.15) is 0 Å². The van der Waals surface area contributed by atoms with Crippen LogP contribution in [0.1, 0.15) is 51.2 Å². The zero-order chi connectivity index (χ0) is 27.1. The van der Waals surface area contributed by atoms with Crippen LogP contribution in [0.5, 0.6) is 5.75 Å². The van der Waals surface area contributed by atoms with Crippen LogP contribution in [0.25, 0.3) is 0 Å². The minimum absolute atomic E-state index is 0.0421. The summed E-state index contributed by atoms with van der Waals surface area (Å²) < 4.78 is 35.0. The van der Waals surface area contributed by atoms with E-state index < -0.39 is 23.0 Å². The smallest absolute Gasteiger partial charge is 0.275 e. The fourth-order valence-corrected chi connectivity index (χ4v) is 5.84. The number of hydrogen-bond donors (Lipinski definition) is 1. The molecule has 0 radical (unpaired) electrons. The molecule has 0 aliphatic carbocycles. The van der Waals surface area contributed by atoms with E-state index >= 15 is 0 Å². The molecule has 1 N–H and O–H groups in total. The summed E-state index contributed by atoms with van der Waals surface area (Å²) in [4.78, 5) is 44.7. The number of carbonyl (C=O) groups excluding carboxylic acids is 2. The number of nitrogens with one attached hydrogen (secondary N) is 1. The minimum atomic E-state index is -0.799. The van der Waals surface area contributed by atoms with Crippen LogP contribution in [0.2, 0.25) is 0 Å². The highest BCUT2D eigenvalue weighted by molar-refractivity contribution is 5.99. The van der Waals surface area contributed by atoms with E-state index in [2.05, 4.69) is 10.2 Å². The lowest BCUT2D eigenvalue weighted by molar-refractivity contribution is 0.0448. The Morgan fingerprint density at radius 2 is 1.87 bits per heavy atom. The van der Waals surface area contributed by atoms with Gasteiger partial charge in [0.25, 0.3) is 11.8 Å². The Morgan fingerprint density at radius 1 is 1.05 bits per heavy atom. The van der Waals surface area contributed by atoms with Gasteiger partial charge in [0, 0.05) is 43.5 Å². The third kappa shape index (κ3) is 4.69. The molecule has 2 aromatic carbocycles. The summed E-state index contributed by atoms with van der Waals surface area (Å²) in [7, 11) is 0. The van der Waals surface area contributed by atoms with Crippen molar-refractivity contribution in [3.63, 3.8) is 0 Å². The second-order valence-electron chi connectivity index (χ2n) is 10.2. The van der Waals surface area contributed by atoms with E-state index in [9.17, 15) is 23.2 Å². The molecule has 1 aromatic heterocycles. The number of aromatic nitrogens is 1. The lowest BCUT2D eigenvalue weighted by atomic mass is 10.0. The first kappa shape index (κ1) is 25.2. The number of nitrogens with zero attached hydrogens (tertiary/aromatic N) is 3. The second-order valence-corrected chi connectivity index (χ2v) is 10.2. The molecule has 0 unspecified atom stereocenters. The van der Waals surface area contributed by atoms with Crippen LogP contribution in [0.3, 0.4) is 0 Å². The van der Waals surface area contributed by atoms with Gasteiger partial charge in [-0.05, 0) is 24.5 Å². The Kier molecular flexibility index (Phi) is 6.64. The summed E-state index contributed by atoms with van der Waals surface area (Å²) in [6.07, 6.45) is 4.43. The SMILES string of the molecule is O=C(NCc1ccc(F)cc1F)c1cn2c(c(OCc3ccccc3)c1=O)C(=O)N1C[C@H]3CCCCN3[C@H]1C2. The molecule has 4 heterocycles. The molecule has 202 valence electrons. The van der Waals surface area contributed by atoms with Crippen molar-refractivity contribution >= 4 is 11.8 Å². The Hall–Kier alpha value is -4.05. The van der Waals surface area contributed by atoms with E-state index in [0.29, 0.717) is 13.1 Å². The molecule has 2 saturated heterocycles. The van der Waals surface area contributed by atoms with E-state index in [-0.39, 0.29) is 53.8 Å². The van der Waals surface area contributed by atoms with E-state index in [0.717, 1.165) is 43.5 Å². The number of fused-ring (bicyclic) bond motifs is 4. The molecule has 0 spiro atoms. The predicted octanol–water partition coefficient (Wildman–Crippen LogP) is 3.29. The number of carbonyl (C=O) groups is 2. The van der Waals surface area contributed by atoms with Crippen LogP contribution in [0.4, 0.5) is 8.78 Å².